The summed E-state index contributed by atoms with van der Waals surface area (Å²) >= 11 is 0. The Bertz CT molecular complexity index is 373. The van der Waals surface area contributed by atoms with Crippen molar-refractivity contribution in [3.8, 4) is 0 Å². The van der Waals surface area contributed by atoms with E-state index in [0.29, 0.717) is 12.5 Å². The van der Waals surface area contributed by atoms with Gasteiger partial charge in [-0.2, -0.15) is 0 Å². The first-order valence-electron chi connectivity index (χ1n) is 7.96. The van der Waals surface area contributed by atoms with Crippen LogP contribution in [-0.4, -0.2) is 48.1 Å². The zero-order chi connectivity index (χ0) is 13.9. The number of likely N-dealkylation sites (tertiary alicyclic amines) is 1. The Balaban J connectivity index is 1.47. The molecular formula is C15H24N2O3. The standard InChI is InChI=1S/C15H24N2O3/c18-14-10-13(16-8-7-12-6-3-9-20-12)15(19)17(14)11-4-1-2-5-11/h11-13,16H,1-10H2. The largest absolute Gasteiger partial charge is 0.378 e. The number of hydrogen-bond donors (Lipinski definition) is 1. The van der Waals surface area contributed by atoms with E-state index in [-0.39, 0.29) is 23.9 Å². The maximum atomic E-state index is 12.3. The van der Waals surface area contributed by atoms with Crippen molar-refractivity contribution < 1.29 is 14.3 Å². The minimum absolute atomic E-state index is 0.00533. The Hall–Kier alpha value is -0.940. The summed E-state index contributed by atoms with van der Waals surface area (Å²) in [7, 11) is 0. The monoisotopic (exact) mass is 280 g/mol. The van der Waals surface area contributed by atoms with Crippen molar-refractivity contribution in [1.82, 2.24) is 10.2 Å². The van der Waals surface area contributed by atoms with Crippen molar-refractivity contribution in [3.05, 3.63) is 0 Å². The molecule has 1 saturated carbocycles. The molecule has 5 heteroatoms. The smallest absolute Gasteiger partial charge is 0.247 e. The van der Waals surface area contributed by atoms with Gasteiger partial charge in [0.15, 0.2) is 0 Å². The third-order valence-corrected chi connectivity index (χ3v) is 4.75. The van der Waals surface area contributed by atoms with E-state index in [9.17, 15) is 9.59 Å². The molecule has 0 aromatic carbocycles. The number of hydrogen-bond acceptors (Lipinski definition) is 4. The van der Waals surface area contributed by atoms with Gasteiger partial charge in [-0.25, -0.2) is 0 Å². The first kappa shape index (κ1) is 14.0. The molecule has 2 amide bonds. The Morgan fingerprint density at radius 2 is 1.95 bits per heavy atom. The highest BCUT2D eigenvalue weighted by Gasteiger charge is 2.42. The quantitative estimate of drug-likeness (QED) is 0.769. The van der Waals surface area contributed by atoms with Crippen LogP contribution in [0.2, 0.25) is 0 Å². The number of imide groups is 1. The van der Waals surface area contributed by atoms with Crippen LogP contribution < -0.4 is 5.32 Å². The Kier molecular flexibility index (Phi) is 4.36. The minimum Gasteiger partial charge on any atom is -0.378 e. The van der Waals surface area contributed by atoms with E-state index >= 15 is 0 Å². The number of nitrogens with one attached hydrogen (secondary N) is 1. The van der Waals surface area contributed by atoms with Crippen LogP contribution in [0.5, 0.6) is 0 Å². The molecule has 2 heterocycles. The van der Waals surface area contributed by atoms with Gasteiger partial charge in [0.05, 0.1) is 18.6 Å². The highest BCUT2D eigenvalue weighted by atomic mass is 16.5. The minimum atomic E-state index is -0.301. The molecule has 1 aliphatic carbocycles. The molecule has 2 atom stereocenters. The number of rotatable bonds is 5. The van der Waals surface area contributed by atoms with E-state index in [4.69, 9.17) is 4.74 Å². The van der Waals surface area contributed by atoms with Gasteiger partial charge in [0.1, 0.15) is 0 Å². The second-order valence-electron chi connectivity index (χ2n) is 6.17. The van der Waals surface area contributed by atoms with Crippen LogP contribution in [0.1, 0.15) is 51.4 Å². The van der Waals surface area contributed by atoms with Crippen LogP contribution in [0.15, 0.2) is 0 Å². The van der Waals surface area contributed by atoms with Gasteiger partial charge in [-0.1, -0.05) is 12.8 Å². The zero-order valence-corrected chi connectivity index (χ0v) is 12.0. The van der Waals surface area contributed by atoms with Crippen LogP contribution in [-0.2, 0) is 14.3 Å². The van der Waals surface area contributed by atoms with Gasteiger partial charge in [-0.05, 0) is 38.6 Å². The van der Waals surface area contributed by atoms with Gasteiger partial charge in [0.25, 0.3) is 0 Å². The highest BCUT2D eigenvalue weighted by Crippen LogP contribution is 2.28. The van der Waals surface area contributed by atoms with Gasteiger partial charge in [0, 0.05) is 12.6 Å². The van der Waals surface area contributed by atoms with Gasteiger partial charge in [-0.15, -0.1) is 0 Å². The summed E-state index contributed by atoms with van der Waals surface area (Å²) in [4.78, 5) is 25.9. The fourth-order valence-corrected chi connectivity index (χ4v) is 3.65. The summed E-state index contributed by atoms with van der Waals surface area (Å²) in [5, 5.41) is 3.25. The van der Waals surface area contributed by atoms with E-state index in [0.717, 1.165) is 58.1 Å². The SMILES string of the molecule is O=C1CC(NCCC2CCCO2)C(=O)N1C1CCCC1. The van der Waals surface area contributed by atoms with Crippen LogP contribution >= 0.6 is 0 Å². The Morgan fingerprint density at radius 1 is 1.15 bits per heavy atom. The van der Waals surface area contributed by atoms with Crippen molar-refractivity contribution in [1.29, 1.82) is 0 Å². The van der Waals surface area contributed by atoms with E-state index in [1.807, 2.05) is 0 Å². The molecule has 0 bridgehead atoms. The molecule has 0 radical (unpaired) electrons. The van der Waals surface area contributed by atoms with Crippen molar-refractivity contribution in [3.63, 3.8) is 0 Å². The molecule has 0 aromatic heterocycles. The third kappa shape index (κ3) is 2.88. The molecule has 2 unspecified atom stereocenters. The van der Waals surface area contributed by atoms with E-state index < -0.39 is 0 Å². The zero-order valence-electron chi connectivity index (χ0n) is 12.0. The third-order valence-electron chi connectivity index (χ3n) is 4.75. The summed E-state index contributed by atoms with van der Waals surface area (Å²) < 4.78 is 5.57. The van der Waals surface area contributed by atoms with E-state index in [1.165, 1.54) is 4.90 Å². The molecule has 0 spiro atoms. The normalized spacial score (nSPS) is 31.7. The van der Waals surface area contributed by atoms with Crippen molar-refractivity contribution in [2.75, 3.05) is 13.2 Å². The predicted molar refractivity (Wildman–Crippen MR) is 74.1 cm³/mol. The second kappa shape index (κ2) is 6.22. The lowest BCUT2D eigenvalue weighted by molar-refractivity contribution is -0.141. The molecule has 3 rings (SSSR count). The lowest BCUT2D eigenvalue weighted by Gasteiger charge is -2.22. The van der Waals surface area contributed by atoms with Crippen LogP contribution in [0, 0.1) is 0 Å². The van der Waals surface area contributed by atoms with E-state index in [2.05, 4.69) is 5.32 Å². The lowest BCUT2D eigenvalue weighted by Crippen LogP contribution is -2.43. The summed E-state index contributed by atoms with van der Waals surface area (Å²) in [6.45, 7) is 1.62. The first-order chi connectivity index (χ1) is 9.75. The number of nitrogens with zero attached hydrogens (tertiary/aromatic N) is 1. The molecule has 3 aliphatic rings. The fraction of sp³-hybridized carbons (Fsp3) is 0.867. The van der Waals surface area contributed by atoms with Crippen LogP contribution in [0.25, 0.3) is 0 Å². The van der Waals surface area contributed by atoms with Gasteiger partial charge < -0.3 is 10.1 Å². The van der Waals surface area contributed by atoms with Crippen LogP contribution in [0.3, 0.4) is 0 Å². The lowest BCUT2D eigenvalue weighted by atomic mass is 10.1. The maximum Gasteiger partial charge on any atom is 0.247 e. The summed E-state index contributed by atoms with van der Waals surface area (Å²) in [5.41, 5.74) is 0. The Labute approximate surface area is 120 Å². The van der Waals surface area contributed by atoms with Crippen molar-refractivity contribution in [2.24, 2.45) is 0 Å². The number of carbonyl (C=O) groups is 2. The summed E-state index contributed by atoms with van der Waals surface area (Å²) in [6, 6.07) is -0.135. The average Bonchev–Trinajstić information content (AvgIpc) is 3.13. The average molecular weight is 280 g/mol. The maximum absolute atomic E-state index is 12.3. The fourth-order valence-electron chi connectivity index (χ4n) is 3.65. The number of ether oxygens (including phenoxy) is 1. The van der Waals surface area contributed by atoms with Crippen molar-refractivity contribution >= 4 is 11.8 Å². The molecule has 0 aromatic rings. The molecule has 20 heavy (non-hydrogen) atoms. The van der Waals surface area contributed by atoms with E-state index in [1.54, 1.807) is 0 Å². The highest BCUT2D eigenvalue weighted by molar-refractivity contribution is 6.05. The number of carbonyl (C=O) groups excluding carboxylic acids is 2. The molecule has 1 N–H and O–H groups in total. The van der Waals surface area contributed by atoms with Gasteiger partial charge >= 0.3 is 0 Å². The van der Waals surface area contributed by atoms with Gasteiger partial charge in [0.2, 0.25) is 11.8 Å². The van der Waals surface area contributed by atoms with Crippen molar-refractivity contribution in [2.45, 2.75) is 69.6 Å². The molecule has 2 saturated heterocycles. The molecule has 3 fully saturated rings. The molecule has 2 aliphatic heterocycles. The second-order valence-corrected chi connectivity index (χ2v) is 6.17. The molecular weight excluding hydrogens is 256 g/mol. The van der Waals surface area contributed by atoms with Gasteiger partial charge in [-0.3, -0.25) is 14.5 Å². The topological polar surface area (TPSA) is 58.6 Å². The van der Waals surface area contributed by atoms with Crippen LogP contribution in [0.4, 0.5) is 0 Å². The summed E-state index contributed by atoms with van der Waals surface area (Å²) in [5.74, 6) is 0.00533. The molecule has 5 nitrogen and oxygen atoms in total. The molecule has 112 valence electrons. The predicted octanol–water partition coefficient (Wildman–Crippen LogP) is 1.22. The summed E-state index contributed by atoms with van der Waals surface area (Å²) in [6.07, 6.45) is 8.11. The first-order valence-corrected chi connectivity index (χ1v) is 7.96. The Morgan fingerprint density at radius 3 is 2.65 bits per heavy atom. The number of amides is 2.